The van der Waals surface area contributed by atoms with Crippen molar-refractivity contribution in [2.75, 3.05) is 6.26 Å². The first kappa shape index (κ1) is 15.9. The van der Waals surface area contributed by atoms with Crippen LogP contribution in [0.25, 0.3) is 0 Å². The second kappa shape index (κ2) is 5.98. The van der Waals surface area contributed by atoms with Gasteiger partial charge in [0.15, 0.2) is 0 Å². The first-order valence-electron chi connectivity index (χ1n) is 5.60. The molecule has 98 valence electrons. The van der Waals surface area contributed by atoms with Crippen LogP contribution in [0, 0.1) is 11.3 Å². The second-order valence-corrected chi connectivity index (χ2v) is 7.07. The van der Waals surface area contributed by atoms with Crippen LogP contribution in [0.5, 0.6) is 0 Å². The molecule has 1 fully saturated rings. The summed E-state index contributed by atoms with van der Waals surface area (Å²) in [6.45, 7) is 6.90. The highest BCUT2D eigenvalue weighted by Gasteiger charge is 2.28. The third-order valence-corrected chi connectivity index (χ3v) is 2.92. The van der Waals surface area contributed by atoms with Gasteiger partial charge in [0.25, 0.3) is 10.1 Å². The highest BCUT2D eigenvalue weighted by molar-refractivity contribution is 7.85. The molecule has 0 saturated heterocycles. The van der Waals surface area contributed by atoms with E-state index in [1.807, 2.05) is 0 Å². The maximum atomic E-state index is 9.29. The third kappa shape index (κ3) is 9.12. The quantitative estimate of drug-likeness (QED) is 0.647. The largest absolute Gasteiger partial charge is 0.393 e. The minimum atomic E-state index is -3.67. The molecule has 1 rings (SSSR count). The van der Waals surface area contributed by atoms with Crippen molar-refractivity contribution < 1.29 is 18.1 Å². The van der Waals surface area contributed by atoms with E-state index in [-0.39, 0.29) is 6.10 Å². The minimum Gasteiger partial charge on any atom is -0.393 e. The molecule has 1 aliphatic carbocycles. The fourth-order valence-corrected chi connectivity index (χ4v) is 1.94. The Kier molecular flexibility index (Phi) is 5.93. The van der Waals surface area contributed by atoms with Gasteiger partial charge in [-0.1, -0.05) is 20.8 Å². The van der Waals surface area contributed by atoms with Crippen LogP contribution in [-0.2, 0) is 10.1 Å². The maximum Gasteiger partial charge on any atom is 0.261 e. The fraction of sp³-hybridized carbons (Fsp3) is 1.00. The molecule has 2 N–H and O–H groups in total. The summed E-state index contributed by atoms with van der Waals surface area (Å²) in [4.78, 5) is 0. The Morgan fingerprint density at radius 2 is 1.38 bits per heavy atom. The molecule has 1 aliphatic rings. The van der Waals surface area contributed by atoms with Crippen molar-refractivity contribution in [1.82, 2.24) is 0 Å². The third-order valence-electron chi connectivity index (χ3n) is 2.92. The van der Waals surface area contributed by atoms with Crippen LogP contribution in [0.2, 0.25) is 0 Å². The van der Waals surface area contributed by atoms with Gasteiger partial charge >= 0.3 is 0 Å². The summed E-state index contributed by atoms with van der Waals surface area (Å²) < 4.78 is 25.9. The molecule has 0 amide bonds. The average molecular weight is 252 g/mol. The summed E-state index contributed by atoms with van der Waals surface area (Å²) in [5.41, 5.74) is 0.445. The summed E-state index contributed by atoms with van der Waals surface area (Å²) >= 11 is 0. The molecule has 0 unspecified atom stereocenters. The van der Waals surface area contributed by atoms with E-state index in [0.717, 1.165) is 18.8 Å². The van der Waals surface area contributed by atoms with E-state index in [1.165, 1.54) is 12.8 Å². The van der Waals surface area contributed by atoms with Gasteiger partial charge in [0.1, 0.15) is 0 Å². The lowest BCUT2D eigenvalue weighted by Crippen LogP contribution is -2.27. The van der Waals surface area contributed by atoms with E-state index in [4.69, 9.17) is 4.55 Å². The molecular formula is C11H24O4S. The Hall–Kier alpha value is -0.130. The molecule has 0 radical (unpaired) electrons. The van der Waals surface area contributed by atoms with E-state index < -0.39 is 10.1 Å². The van der Waals surface area contributed by atoms with Gasteiger partial charge in [-0.3, -0.25) is 4.55 Å². The van der Waals surface area contributed by atoms with E-state index in [1.54, 1.807) is 0 Å². The van der Waals surface area contributed by atoms with Gasteiger partial charge in [0.05, 0.1) is 12.4 Å². The number of hydrogen-bond acceptors (Lipinski definition) is 3. The summed E-state index contributed by atoms with van der Waals surface area (Å²) in [5.74, 6) is 0.825. The zero-order valence-corrected chi connectivity index (χ0v) is 11.4. The monoisotopic (exact) mass is 252 g/mol. The molecule has 1 saturated carbocycles. The molecule has 5 heteroatoms. The van der Waals surface area contributed by atoms with Crippen LogP contribution < -0.4 is 0 Å². The van der Waals surface area contributed by atoms with Gasteiger partial charge in [0.2, 0.25) is 0 Å². The Morgan fingerprint density at radius 1 is 1.06 bits per heavy atom. The van der Waals surface area contributed by atoms with Crippen LogP contribution in [0.4, 0.5) is 0 Å². The average Bonchev–Trinajstić information content (AvgIpc) is 1.99. The maximum absolute atomic E-state index is 9.29. The molecule has 0 aliphatic heterocycles. The lowest BCUT2D eigenvalue weighted by atomic mass is 9.72. The van der Waals surface area contributed by atoms with Gasteiger partial charge in [-0.25, -0.2) is 0 Å². The van der Waals surface area contributed by atoms with Crippen molar-refractivity contribution >= 4 is 10.1 Å². The van der Waals surface area contributed by atoms with Crippen molar-refractivity contribution in [3.05, 3.63) is 0 Å². The lowest BCUT2D eigenvalue weighted by Gasteiger charge is -2.35. The van der Waals surface area contributed by atoms with E-state index in [0.29, 0.717) is 11.7 Å². The zero-order valence-electron chi connectivity index (χ0n) is 10.6. The van der Waals surface area contributed by atoms with Crippen molar-refractivity contribution in [2.45, 2.75) is 52.6 Å². The zero-order chi connectivity index (χ0) is 13.0. The van der Waals surface area contributed by atoms with Crippen LogP contribution >= 0.6 is 0 Å². The molecule has 0 bridgehead atoms. The molecule has 0 spiro atoms. The Morgan fingerprint density at radius 3 is 1.62 bits per heavy atom. The van der Waals surface area contributed by atoms with Gasteiger partial charge in [-0.15, -0.1) is 0 Å². The SMILES string of the molecule is CC(C)(C)C1CCC(O)CC1.CS(=O)(=O)O. The normalized spacial score (nSPS) is 26.9. The second-order valence-electron chi connectivity index (χ2n) is 5.60. The highest BCUT2D eigenvalue weighted by atomic mass is 32.2. The smallest absolute Gasteiger partial charge is 0.261 e. The minimum absolute atomic E-state index is 0.00593. The standard InChI is InChI=1S/C10H20O.CH4O3S/c1-10(2,3)8-4-6-9(11)7-5-8;1-5(2,3)4/h8-9,11H,4-7H2,1-3H3;1H3,(H,2,3,4). The molecule has 0 aromatic rings. The molecule has 0 heterocycles. The topological polar surface area (TPSA) is 74.6 Å². The number of aliphatic hydroxyl groups excluding tert-OH is 1. The Labute approximate surface area is 98.8 Å². The van der Waals surface area contributed by atoms with Gasteiger partial charge in [-0.2, -0.15) is 8.42 Å². The molecule has 0 aromatic carbocycles. The van der Waals surface area contributed by atoms with Crippen LogP contribution in [0.3, 0.4) is 0 Å². The van der Waals surface area contributed by atoms with Crippen LogP contribution in [0.15, 0.2) is 0 Å². The lowest BCUT2D eigenvalue weighted by molar-refractivity contribution is 0.0725. The van der Waals surface area contributed by atoms with Crippen molar-refractivity contribution in [1.29, 1.82) is 0 Å². The van der Waals surface area contributed by atoms with Gasteiger partial charge in [-0.05, 0) is 37.0 Å². The van der Waals surface area contributed by atoms with E-state index in [9.17, 15) is 13.5 Å². The first-order chi connectivity index (χ1) is 7.00. The number of aliphatic hydroxyl groups is 1. The predicted octanol–water partition coefficient (Wildman–Crippen LogP) is 2.09. The van der Waals surface area contributed by atoms with Crippen molar-refractivity contribution in [3.8, 4) is 0 Å². The number of hydrogen-bond donors (Lipinski definition) is 2. The number of rotatable bonds is 0. The molecule has 0 atom stereocenters. The van der Waals surface area contributed by atoms with Gasteiger partial charge < -0.3 is 5.11 Å². The predicted molar refractivity (Wildman–Crippen MR) is 64.9 cm³/mol. The Balaban J connectivity index is 0.000000385. The molecule has 16 heavy (non-hydrogen) atoms. The summed E-state index contributed by atoms with van der Waals surface area (Å²) in [6, 6.07) is 0. The van der Waals surface area contributed by atoms with E-state index >= 15 is 0 Å². The highest BCUT2D eigenvalue weighted by Crippen LogP contribution is 2.37. The summed E-state index contributed by atoms with van der Waals surface area (Å²) in [6.07, 6.45) is 5.17. The van der Waals surface area contributed by atoms with Crippen molar-refractivity contribution in [2.24, 2.45) is 11.3 Å². The van der Waals surface area contributed by atoms with Crippen molar-refractivity contribution in [3.63, 3.8) is 0 Å². The van der Waals surface area contributed by atoms with E-state index in [2.05, 4.69) is 20.8 Å². The first-order valence-corrected chi connectivity index (χ1v) is 7.45. The summed E-state index contributed by atoms with van der Waals surface area (Å²) in [5, 5.41) is 9.29. The van der Waals surface area contributed by atoms with Crippen LogP contribution in [-0.4, -0.2) is 30.4 Å². The summed E-state index contributed by atoms with van der Waals surface area (Å²) in [7, 11) is -3.67. The molecule has 4 nitrogen and oxygen atoms in total. The fourth-order valence-electron chi connectivity index (χ4n) is 1.94. The Bertz CT molecular complexity index is 274. The van der Waals surface area contributed by atoms with Gasteiger partial charge in [0, 0.05) is 0 Å². The molecular weight excluding hydrogens is 228 g/mol. The molecule has 0 aromatic heterocycles. The van der Waals surface area contributed by atoms with Crippen LogP contribution in [0.1, 0.15) is 46.5 Å².